The van der Waals surface area contributed by atoms with E-state index in [1.165, 1.54) is 23.1 Å². The smallest absolute Gasteiger partial charge is 0.291 e. The minimum Gasteiger partial charge on any atom is -0.545 e. The van der Waals surface area contributed by atoms with Crippen molar-refractivity contribution in [3.63, 3.8) is 0 Å². The van der Waals surface area contributed by atoms with Crippen molar-refractivity contribution in [1.29, 1.82) is 0 Å². The molecule has 0 aliphatic carbocycles. The number of imide groups is 1. The third-order valence-corrected chi connectivity index (χ3v) is 5.49. The lowest BCUT2D eigenvalue weighted by Gasteiger charge is -2.27. The summed E-state index contributed by atoms with van der Waals surface area (Å²) in [6.07, 6.45) is 0. The number of nitrogens with zero attached hydrogens (tertiary/aromatic N) is 2. The number of rotatable bonds is 7. The Hall–Kier alpha value is -3.33. The van der Waals surface area contributed by atoms with Crippen LogP contribution in [0.1, 0.15) is 21.5 Å². The van der Waals surface area contributed by atoms with Crippen LogP contribution in [0.4, 0.5) is 10.5 Å². The number of anilines is 1. The first kappa shape index (κ1) is 20.4. The average molecular weight is 412 g/mol. The Kier molecular flexibility index (Phi) is 5.88. The van der Waals surface area contributed by atoms with E-state index in [9.17, 15) is 24.3 Å². The minimum atomic E-state index is -1.34. The van der Waals surface area contributed by atoms with Crippen molar-refractivity contribution in [1.82, 2.24) is 4.90 Å². The van der Waals surface area contributed by atoms with Crippen LogP contribution in [0.2, 0.25) is 0 Å². The van der Waals surface area contributed by atoms with E-state index in [4.69, 9.17) is 5.73 Å². The van der Waals surface area contributed by atoms with E-state index >= 15 is 0 Å². The van der Waals surface area contributed by atoms with Gasteiger partial charge in [-0.05, 0) is 48.0 Å². The number of carboxylic acids is 1. The predicted molar refractivity (Wildman–Crippen MR) is 106 cm³/mol. The van der Waals surface area contributed by atoms with Crippen LogP contribution in [0.25, 0.3) is 0 Å². The summed E-state index contributed by atoms with van der Waals surface area (Å²) in [5.74, 6) is -2.47. The lowest BCUT2D eigenvalue weighted by molar-refractivity contribution is -0.255. The first-order chi connectivity index (χ1) is 13.8. The van der Waals surface area contributed by atoms with Crippen LogP contribution in [0.5, 0.6) is 0 Å². The largest absolute Gasteiger partial charge is 0.545 e. The summed E-state index contributed by atoms with van der Waals surface area (Å²) in [5.41, 5.74) is 7.38. The Balaban J connectivity index is 1.85. The van der Waals surface area contributed by atoms with Crippen molar-refractivity contribution >= 4 is 40.5 Å². The number of carbonyl (C=O) groups excluding carboxylic acids is 4. The van der Waals surface area contributed by atoms with E-state index in [2.05, 4.69) is 0 Å². The van der Waals surface area contributed by atoms with Crippen LogP contribution in [0.3, 0.4) is 0 Å². The summed E-state index contributed by atoms with van der Waals surface area (Å²) in [6.45, 7) is 1.60. The van der Waals surface area contributed by atoms with Gasteiger partial charge in [-0.2, -0.15) is 0 Å². The highest BCUT2D eigenvalue weighted by Gasteiger charge is 2.43. The maximum absolute atomic E-state index is 13.0. The molecule has 0 unspecified atom stereocenters. The first-order valence-electron chi connectivity index (χ1n) is 8.70. The number of hydrogen-bond donors (Lipinski definition) is 1. The lowest BCUT2D eigenvalue weighted by atomic mass is 10.1. The molecule has 1 aliphatic heterocycles. The van der Waals surface area contributed by atoms with Crippen LogP contribution in [-0.2, 0) is 16.1 Å². The molecule has 0 radical (unpaired) electrons. The van der Waals surface area contributed by atoms with E-state index < -0.39 is 28.4 Å². The number of hydrogen-bond acceptors (Lipinski definition) is 7. The number of carboxylic acid groups (broad SMARTS) is 1. The van der Waals surface area contributed by atoms with Crippen molar-refractivity contribution in [2.75, 3.05) is 11.4 Å². The average Bonchev–Trinajstić information content (AvgIpc) is 2.95. The number of aromatic carboxylic acids is 1. The van der Waals surface area contributed by atoms with Gasteiger partial charge in [-0.3, -0.25) is 19.3 Å². The fourth-order valence-corrected chi connectivity index (χ4v) is 3.99. The van der Waals surface area contributed by atoms with E-state index in [1.807, 2.05) is 19.1 Å². The van der Waals surface area contributed by atoms with Gasteiger partial charge < -0.3 is 20.5 Å². The van der Waals surface area contributed by atoms with Gasteiger partial charge in [0, 0.05) is 5.69 Å². The van der Waals surface area contributed by atoms with Gasteiger partial charge >= 0.3 is 0 Å². The maximum atomic E-state index is 13.0. The van der Waals surface area contributed by atoms with Crippen molar-refractivity contribution in [3.05, 3.63) is 65.2 Å². The van der Waals surface area contributed by atoms with Gasteiger partial charge in [0.2, 0.25) is 5.91 Å². The number of amides is 3. The molecule has 0 aromatic heterocycles. The second-order valence-corrected chi connectivity index (χ2v) is 7.61. The van der Waals surface area contributed by atoms with Crippen molar-refractivity contribution in [2.45, 2.75) is 18.8 Å². The zero-order valence-corrected chi connectivity index (χ0v) is 16.3. The lowest BCUT2D eigenvalue weighted by Crippen LogP contribution is -2.45. The van der Waals surface area contributed by atoms with Crippen molar-refractivity contribution in [2.24, 2.45) is 5.73 Å². The highest BCUT2D eigenvalue weighted by Crippen LogP contribution is 2.33. The molecule has 2 aromatic carbocycles. The normalized spacial score (nSPS) is 16.2. The monoisotopic (exact) mass is 412 g/mol. The molecule has 1 saturated heterocycles. The van der Waals surface area contributed by atoms with Crippen molar-refractivity contribution in [3.8, 4) is 0 Å². The fourth-order valence-electron chi connectivity index (χ4n) is 2.97. The van der Waals surface area contributed by atoms with Crippen LogP contribution in [0, 0.1) is 6.92 Å². The molecule has 1 heterocycles. The molecule has 2 aromatic rings. The van der Waals surface area contributed by atoms with Gasteiger partial charge in [0.15, 0.2) is 5.37 Å². The molecule has 8 nitrogen and oxygen atoms in total. The molecule has 9 heteroatoms. The number of primary amides is 1. The quantitative estimate of drug-likeness (QED) is 0.716. The van der Waals surface area contributed by atoms with E-state index in [-0.39, 0.29) is 18.7 Å². The summed E-state index contributed by atoms with van der Waals surface area (Å²) in [6, 6.07) is 13.0. The van der Waals surface area contributed by atoms with E-state index in [1.54, 1.807) is 18.2 Å². The highest BCUT2D eigenvalue weighted by atomic mass is 32.2. The standard InChI is InChI=1S/C20H19N3O5S/c1-12-5-7-15(8-6-12)22(11-16(21)24)18-17(25)23(20(28)29-18)10-13-3-2-4-14(9-13)19(26)27/h2-9,18H,10-11H2,1H3,(H2,21,24)(H,26,27)/p-1/t18-/m1/s1. The SMILES string of the molecule is Cc1ccc(N(CC(N)=O)[C@@H]2SC(=O)N(Cc3cccc(C(=O)[O-])c3)C2=O)cc1. The van der Waals surface area contributed by atoms with Gasteiger partial charge in [-0.15, -0.1) is 0 Å². The molecular formula is C20H18N3O5S-. The summed E-state index contributed by atoms with van der Waals surface area (Å²) in [7, 11) is 0. The molecule has 3 rings (SSSR count). The van der Waals surface area contributed by atoms with E-state index in [0.29, 0.717) is 11.3 Å². The molecule has 29 heavy (non-hydrogen) atoms. The summed E-state index contributed by atoms with van der Waals surface area (Å²) >= 11 is 0.788. The van der Waals surface area contributed by atoms with E-state index in [0.717, 1.165) is 22.2 Å². The van der Waals surface area contributed by atoms with Gasteiger partial charge in [0.1, 0.15) is 0 Å². The molecule has 1 fully saturated rings. The fraction of sp³-hybridized carbons (Fsp3) is 0.200. The third kappa shape index (κ3) is 4.57. The molecule has 1 aliphatic rings. The van der Waals surface area contributed by atoms with Gasteiger partial charge in [-0.25, -0.2) is 0 Å². The topological polar surface area (TPSA) is 124 Å². The number of thioether (sulfide) groups is 1. The van der Waals surface area contributed by atoms with Crippen LogP contribution in [0.15, 0.2) is 48.5 Å². The Labute approximate surface area is 171 Å². The van der Waals surface area contributed by atoms with Gasteiger partial charge in [0.25, 0.3) is 11.1 Å². The molecule has 1 atom stereocenters. The Morgan fingerprint density at radius 1 is 1.17 bits per heavy atom. The summed E-state index contributed by atoms with van der Waals surface area (Å²) < 4.78 is 0. The zero-order valence-electron chi connectivity index (χ0n) is 15.5. The van der Waals surface area contributed by atoms with Crippen LogP contribution < -0.4 is 15.7 Å². The molecule has 3 amide bonds. The summed E-state index contributed by atoms with van der Waals surface area (Å²) in [4.78, 5) is 50.6. The number of carbonyl (C=O) groups is 4. The molecular weight excluding hydrogens is 394 g/mol. The van der Waals surface area contributed by atoms with Gasteiger partial charge in [0.05, 0.1) is 19.1 Å². The highest BCUT2D eigenvalue weighted by molar-refractivity contribution is 8.15. The maximum Gasteiger partial charge on any atom is 0.291 e. The first-order valence-corrected chi connectivity index (χ1v) is 9.58. The van der Waals surface area contributed by atoms with Crippen molar-refractivity contribution < 1.29 is 24.3 Å². The summed E-state index contributed by atoms with van der Waals surface area (Å²) in [5, 5.41) is 9.60. The van der Waals surface area contributed by atoms with Crippen LogP contribution in [-0.4, -0.2) is 39.8 Å². The molecule has 0 bridgehead atoms. The third-order valence-electron chi connectivity index (χ3n) is 4.39. The molecule has 0 spiro atoms. The number of benzene rings is 2. The predicted octanol–water partition coefficient (Wildman–Crippen LogP) is 0.872. The zero-order chi connectivity index (χ0) is 21.1. The Morgan fingerprint density at radius 2 is 1.86 bits per heavy atom. The number of aryl methyl sites for hydroxylation is 1. The number of nitrogens with two attached hydrogens (primary N) is 1. The Morgan fingerprint density at radius 3 is 2.48 bits per heavy atom. The Bertz CT molecular complexity index is 976. The minimum absolute atomic E-state index is 0.0409. The second kappa shape index (κ2) is 8.36. The van der Waals surface area contributed by atoms with Gasteiger partial charge in [-0.1, -0.05) is 35.9 Å². The second-order valence-electron chi connectivity index (χ2n) is 6.58. The van der Waals surface area contributed by atoms with Crippen LogP contribution >= 0.6 is 11.8 Å². The molecule has 0 saturated carbocycles. The molecule has 150 valence electrons. The molecule has 2 N–H and O–H groups in total.